The maximum atomic E-state index is 10.00. The highest BCUT2D eigenvalue weighted by molar-refractivity contribution is 9.10. The zero-order chi connectivity index (χ0) is 12.8. The molecule has 0 atom stereocenters. The third-order valence-corrected chi connectivity index (χ3v) is 3.15. The zero-order valence-electron chi connectivity index (χ0n) is 10.4. The van der Waals surface area contributed by atoms with Crippen molar-refractivity contribution < 1.29 is 10.2 Å². The van der Waals surface area contributed by atoms with Gasteiger partial charge in [-0.05, 0) is 37.6 Å². The number of phenolic OH excluding ortho intramolecular Hbond substituents is 1. The van der Waals surface area contributed by atoms with Crippen molar-refractivity contribution in [3.05, 3.63) is 27.7 Å². The Balaban J connectivity index is 2.84. The highest BCUT2D eigenvalue weighted by Crippen LogP contribution is 2.27. The molecule has 0 aliphatic carbocycles. The SMILES string of the molecule is CCCN(CCO)Cc1cc(Br)cc(C)c1O. The van der Waals surface area contributed by atoms with E-state index in [9.17, 15) is 5.11 Å². The molecule has 0 aliphatic rings. The molecule has 4 heteroatoms. The summed E-state index contributed by atoms with van der Waals surface area (Å²) < 4.78 is 0.975. The summed E-state index contributed by atoms with van der Waals surface area (Å²) in [5.41, 5.74) is 1.77. The monoisotopic (exact) mass is 301 g/mol. The van der Waals surface area contributed by atoms with Crippen LogP contribution in [-0.2, 0) is 6.54 Å². The average Bonchev–Trinajstić information content (AvgIpc) is 2.26. The Hall–Kier alpha value is -0.580. The van der Waals surface area contributed by atoms with Gasteiger partial charge in [-0.25, -0.2) is 0 Å². The van der Waals surface area contributed by atoms with E-state index >= 15 is 0 Å². The van der Waals surface area contributed by atoms with E-state index in [-0.39, 0.29) is 6.61 Å². The van der Waals surface area contributed by atoms with Gasteiger partial charge in [0.25, 0.3) is 0 Å². The lowest BCUT2D eigenvalue weighted by molar-refractivity contribution is 0.189. The molecule has 17 heavy (non-hydrogen) atoms. The number of aliphatic hydroxyl groups is 1. The molecule has 0 spiro atoms. The second kappa shape index (κ2) is 6.99. The summed E-state index contributed by atoms with van der Waals surface area (Å²) >= 11 is 3.44. The van der Waals surface area contributed by atoms with Gasteiger partial charge in [0, 0.05) is 23.1 Å². The van der Waals surface area contributed by atoms with Crippen LogP contribution in [0.1, 0.15) is 24.5 Å². The maximum absolute atomic E-state index is 10.00. The number of benzene rings is 1. The van der Waals surface area contributed by atoms with Gasteiger partial charge in [0.2, 0.25) is 0 Å². The van der Waals surface area contributed by atoms with Crippen molar-refractivity contribution in [1.82, 2.24) is 4.90 Å². The smallest absolute Gasteiger partial charge is 0.123 e. The number of rotatable bonds is 6. The quantitative estimate of drug-likeness (QED) is 0.849. The van der Waals surface area contributed by atoms with Gasteiger partial charge < -0.3 is 10.2 Å². The number of hydrogen-bond acceptors (Lipinski definition) is 3. The van der Waals surface area contributed by atoms with Crippen molar-refractivity contribution in [2.24, 2.45) is 0 Å². The minimum atomic E-state index is 0.147. The molecule has 0 unspecified atom stereocenters. The lowest BCUT2D eigenvalue weighted by Gasteiger charge is -2.21. The molecular weight excluding hydrogens is 282 g/mol. The number of aliphatic hydroxyl groups excluding tert-OH is 1. The normalized spacial score (nSPS) is 11.1. The molecule has 3 nitrogen and oxygen atoms in total. The van der Waals surface area contributed by atoms with Crippen molar-refractivity contribution >= 4 is 15.9 Å². The average molecular weight is 302 g/mol. The topological polar surface area (TPSA) is 43.7 Å². The number of nitrogens with zero attached hydrogens (tertiary/aromatic N) is 1. The van der Waals surface area contributed by atoms with E-state index in [0.717, 1.165) is 28.6 Å². The van der Waals surface area contributed by atoms with Crippen LogP contribution in [0.4, 0.5) is 0 Å². The minimum Gasteiger partial charge on any atom is -0.507 e. The molecule has 0 saturated heterocycles. The van der Waals surface area contributed by atoms with Gasteiger partial charge >= 0.3 is 0 Å². The van der Waals surface area contributed by atoms with E-state index in [0.29, 0.717) is 18.8 Å². The van der Waals surface area contributed by atoms with Crippen LogP contribution in [0.25, 0.3) is 0 Å². The summed E-state index contributed by atoms with van der Waals surface area (Å²) in [6, 6.07) is 3.83. The Morgan fingerprint density at radius 2 is 2.00 bits per heavy atom. The molecule has 0 aromatic heterocycles. The van der Waals surface area contributed by atoms with Crippen molar-refractivity contribution in [2.75, 3.05) is 19.7 Å². The molecule has 96 valence electrons. The van der Waals surface area contributed by atoms with Crippen molar-refractivity contribution in [3.63, 3.8) is 0 Å². The summed E-state index contributed by atoms with van der Waals surface area (Å²) in [6.45, 7) is 6.37. The number of halogens is 1. The second-order valence-corrected chi connectivity index (χ2v) is 5.15. The molecule has 0 saturated carbocycles. The van der Waals surface area contributed by atoms with Crippen molar-refractivity contribution in [3.8, 4) is 5.75 Å². The molecule has 0 aliphatic heterocycles. The van der Waals surface area contributed by atoms with Crippen LogP contribution in [0.3, 0.4) is 0 Å². The van der Waals surface area contributed by atoms with E-state index in [1.807, 2.05) is 19.1 Å². The van der Waals surface area contributed by atoms with E-state index in [4.69, 9.17) is 5.11 Å². The van der Waals surface area contributed by atoms with E-state index < -0.39 is 0 Å². The molecule has 1 aromatic carbocycles. The molecule has 1 rings (SSSR count). The minimum absolute atomic E-state index is 0.147. The summed E-state index contributed by atoms with van der Waals surface area (Å²) in [6.07, 6.45) is 1.04. The third-order valence-electron chi connectivity index (χ3n) is 2.69. The molecule has 0 bridgehead atoms. The fraction of sp³-hybridized carbons (Fsp3) is 0.538. The lowest BCUT2D eigenvalue weighted by Crippen LogP contribution is -2.27. The van der Waals surface area contributed by atoms with Crippen LogP contribution in [0.2, 0.25) is 0 Å². The Morgan fingerprint density at radius 1 is 1.29 bits per heavy atom. The molecule has 0 fully saturated rings. The standard InChI is InChI=1S/C13H20BrNO2/c1-3-4-15(5-6-16)9-11-8-12(14)7-10(2)13(11)17/h7-8,16-17H,3-6,9H2,1-2H3. The Labute approximate surface area is 111 Å². The summed E-state index contributed by atoms with van der Waals surface area (Å²) in [7, 11) is 0. The van der Waals surface area contributed by atoms with Gasteiger partial charge in [0.1, 0.15) is 5.75 Å². The fourth-order valence-corrected chi connectivity index (χ4v) is 2.51. The fourth-order valence-electron chi connectivity index (χ4n) is 1.89. The number of phenols is 1. The predicted molar refractivity (Wildman–Crippen MR) is 73.2 cm³/mol. The summed E-state index contributed by atoms with van der Waals surface area (Å²) in [4.78, 5) is 2.14. The Morgan fingerprint density at radius 3 is 2.59 bits per heavy atom. The second-order valence-electron chi connectivity index (χ2n) is 4.23. The third kappa shape index (κ3) is 4.30. The van der Waals surface area contributed by atoms with Crippen LogP contribution in [0, 0.1) is 6.92 Å². The van der Waals surface area contributed by atoms with E-state index in [1.54, 1.807) is 0 Å². The molecule has 0 amide bonds. The van der Waals surface area contributed by atoms with Gasteiger partial charge in [0.05, 0.1) is 6.61 Å². The Kier molecular flexibility index (Phi) is 5.95. The highest BCUT2D eigenvalue weighted by atomic mass is 79.9. The number of aromatic hydroxyl groups is 1. The highest BCUT2D eigenvalue weighted by Gasteiger charge is 2.10. The molecule has 0 heterocycles. The van der Waals surface area contributed by atoms with Crippen LogP contribution in [-0.4, -0.2) is 34.8 Å². The first-order chi connectivity index (χ1) is 8.08. The zero-order valence-corrected chi connectivity index (χ0v) is 12.0. The van der Waals surface area contributed by atoms with Gasteiger partial charge in [0.15, 0.2) is 0 Å². The first-order valence-corrected chi connectivity index (χ1v) is 6.69. The maximum Gasteiger partial charge on any atom is 0.123 e. The first kappa shape index (κ1) is 14.5. The molecule has 2 N–H and O–H groups in total. The number of aryl methyl sites for hydroxylation is 1. The van der Waals surface area contributed by atoms with Gasteiger partial charge in [-0.2, -0.15) is 0 Å². The molecular formula is C13H20BrNO2. The van der Waals surface area contributed by atoms with Crippen LogP contribution < -0.4 is 0 Å². The van der Waals surface area contributed by atoms with Crippen molar-refractivity contribution in [2.45, 2.75) is 26.8 Å². The van der Waals surface area contributed by atoms with Crippen LogP contribution >= 0.6 is 15.9 Å². The number of hydrogen-bond donors (Lipinski definition) is 2. The summed E-state index contributed by atoms with van der Waals surface area (Å²) in [5, 5.41) is 19.0. The summed E-state index contributed by atoms with van der Waals surface area (Å²) in [5.74, 6) is 0.354. The first-order valence-electron chi connectivity index (χ1n) is 5.89. The van der Waals surface area contributed by atoms with Crippen LogP contribution in [0.5, 0.6) is 5.75 Å². The van der Waals surface area contributed by atoms with Gasteiger partial charge in [-0.15, -0.1) is 0 Å². The largest absolute Gasteiger partial charge is 0.507 e. The predicted octanol–water partition coefficient (Wildman–Crippen LogP) is 2.67. The van der Waals surface area contributed by atoms with E-state index in [2.05, 4.69) is 27.8 Å². The van der Waals surface area contributed by atoms with Gasteiger partial charge in [-0.1, -0.05) is 22.9 Å². The molecule has 1 aromatic rings. The van der Waals surface area contributed by atoms with Crippen LogP contribution in [0.15, 0.2) is 16.6 Å². The van der Waals surface area contributed by atoms with Gasteiger partial charge in [-0.3, -0.25) is 4.90 Å². The van der Waals surface area contributed by atoms with E-state index in [1.165, 1.54) is 0 Å². The Bertz CT molecular complexity index is 363. The van der Waals surface area contributed by atoms with Crippen molar-refractivity contribution in [1.29, 1.82) is 0 Å². The molecule has 0 radical (unpaired) electrons. The lowest BCUT2D eigenvalue weighted by atomic mass is 10.1.